The van der Waals surface area contributed by atoms with Crippen LogP contribution in [0.4, 0.5) is 0 Å². The molecule has 1 heterocycles. The monoisotopic (exact) mass is 245 g/mol. The van der Waals surface area contributed by atoms with Crippen molar-refractivity contribution in [3.8, 4) is 0 Å². The van der Waals surface area contributed by atoms with Crippen molar-refractivity contribution in [3.63, 3.8) is 0 Å². The highest BCUT2D eigenvalue weighted by atomic mass is 16.6. The number of ether oxygens (including phenoxy) is 4. The Morgan fingerprint density at radius 3 is 2.82 bits per heavy atom. The number of hydrogen-bond acceptors (Lipinski definition) is 5. The second kappa shape index (κ2) is 6.66. The number of methoxy groups -OCH3 is 1. The first-order valence-corrected chi connectivity index (χ1v) is 6.40. The first kappa shape index (κ1) is 13.2. The third-order valence-electron chi connectivity index (χ3n) is 3.41. The third-order valence-corrected chi connectivity index (χ3v) is 3.41. The van der Waals surface area contributed by atoms with Crippen LogP contribution in [0.3, 0.4) is 0 Å². The van der Waals surface area contributed by atoms with E-state index < -0.39 is 0 Å². The fourth-order valence-electron chi connectivity index (χ4n) is 2.28. The van der Waals surface area contributed by atoms with E-state index in [1.54, 1.807) is 7.11 Å². The summed E-state index contributed by atoms with van der Waals surface area (Å²) in [6.45, 7) is 2.71. The van der Waals surface area contributed by atoms with E-state index in [0.29, 0.717) is 19.8 Å². The molecular formula is C12H23NO4. The van der Waals surface area contributed by atoms with Gasteiger partial charge in [-0.3, -0.25) is 0 Å². The number of nitrogens with two attached hydrogens (primary N) is 1. The van der Waals surface area contributed by atoms with Gasteiger partial charge in [0.2, 0.25) is 0 Å². The van der Waals surface area contributed by atoms with Gasteiger partial charge in [0.25, 0.3) is 0 Å². The van der Waals surface area contributed by atoms with E-state index in [-0.39, 0.29) is 24.4 Å². The van der Waals surface area contributed by atoms with Crippen LogP contribution in [0.2, 0.25) is 0 Å². The van der Waals surface area contributed by atoms with Crippen LogP contribution in [0.25, 0.3) is 0 Å². The van der Waals surface area contributed by atoms with E-state index in [1.807, 2.05) is 0 Å². The molecule has 0 aromatic carbocycles. The van der Waals surface area contributed by atoms with Crippen LogP contribution in [0, 0.1) is 0 Å². The van der Waals surface area contributed by atoms with Gasteiger partial charge in [-0.2, -0.15) is 0 Å². The van der Waals surface area contributed by atoms with Crippen molar-refractivity contribution in [2.45, 2.75) is 43.6 Å². The zero-order chi connectivity index (χ0) is 12.1. The largest absolute Gasteiger partial charge is 0.382 e. The molecule has 1 saturated heterocycles. The molecular weight excluding hydrogens is 222 g/mol. The van der Waals surface area contributed by atoms with Gasteiger partial charge in [-0.1, -0.05) is 0 Å². The minimum absolute atomic E-state index is 0.0200. The van der Waals surface area contributed by atoms with Gasteiger partial charge in [0.15, 0.2) is 0 Å². The maximum Gasteiger partial charge on any atom is 0.0989 e. The molecule has 0 spiro atoms. The Balaban J connectivity index is 1.62. The minimum atomic E-state index is 0.0200. The van der Waals surface area contributed by atoms with Crippen molar-refractivity contribution in [1.29, 1.82) is 0 Å². The maximum absolute atomic E-state index is 5.90. The standard InChI is InChI=1S/C12H23NO4/c1-14-5-6-16-12-10(13)7-11(12)17-8-9-3-2-4-15-9/h9-12H,2-8,13H2,1H3. The summed E-state index contributed by atoms with van der Waals surface area (Å²) in [7, 11) is 1.66. The number of hydrogen-bond donors (Lipinski definition) is 1. The lowest BCUT2D eigenvalue weighted by Gasteiger charge is -2.42. The van der Waals surface area contributed by atoms with E-state index in [4.69, 9.17) is 24.7 Å². The van der Waals surface area contributed by atoms with Gasteiger partial charge < -0.3 is 24.7 Å². The molecule has 0 amide bonds. The maximum atomic E-state index is 5.90. The Kier molecular flexibility index (Phi) is 5.18. The van der Waals surface area contributed by atoms with E-state index in [9.17, 15) is 0 Å². The average molecular weight is 245 g/mol. The predicted octanol–water partition coefficient (Wildman–Crippen LogP) is 0.313. The molecule has 1 saturated carbocycles. The van der Waals surface area contributed by atoms with Crippen LogP contribution in [0.1, 0.15) is 19.3 Å². The van der Waals surface area contributed by atoms with Gasteiger partial charge in [0, 0.05) is 19.8 Å². The molecule has 1 aliphatic heterocycles. The summed E-state index contributed by atoms with van der Waals surface area (Å²) in [6, 6.07) is 0.0985. The molecule has 2 aliphatic rings. The van der Waals surface area contributed by atoms with Crippen LogP contribution in [-0.2, 0) is 18.9 Å². The first-order valence-electron chi connectivity index (χ1n) is 6.40. The van der Waals surface area contributed by atoms with E-state index >= 15 is 0 Å². The molecule has 0 bridgehead atoms. The zero-order valence-electron chi connectivity index (χ0n) is 10.5. The highest BCUT2D eigenvalue weighted by Gasteiger charge is 2.40. The fourth-order valence-corrected chi connectivity index (χ4v) is 2.28. The van der Waals surface area contributed by atoms with Gasteiger partial charge in [0.1, 0.15) is 0 Å². The van der Waals surface area contributed by atoms with Gasteiger partial charge in [-0.05, 0) is 19.3 Å². The lowest BCUT2D eigenvalue weighted by atomic mass is 9.86. The lowest BCUT2D eigenvalue weighted by Crippen LogP contribution is -2.58. The molecule has 100 valence electrons. The summed E-state index contributed by atoms with van der Waals surface area (Å²) in [5, 5.41) is 0. The van der Waals surface area contributed by atoms with Crippen molar-refractivity contribution in [3.05, 3.63) is 0 Å². The molecule has 5 nitrogen and oxygen atoms in total. The Hall–Kier alpha value is -0.200. The zero-order valence-corrected chi connectivity index (χ0v) is 10.5. The SMILES string of the molecule is COCCOC1C(N)CC1OCC1CCCO1. The lowest BCUT2D eigenvalue weighted by molar-refractivity contribution is -0.156. The normalized spacial score (nSPS) is 37.1. The summed E-state index contributed by atoms with van der Waals surface area (Å²) in [4.78, 5) is 0. The summed E-state index contributed by atoms with van der Waals surface area (Å²) in [5.74, 6) is 0. The molecule has 2 rings (SSSR count). The molecule has 1 aliphatic carbocycles. The molecule has 2 N–H and O–H groups in total. The summed E-state index contributed by atoms with van der Waals surface area (Å²) >= 11 is 0. The molecule has 17 heavy (non-hydrogen) atoms. The molecule has 4 unspecified atom stereocenters. The van der Waals surface area contributed by atoms with Crippen molar-refractivity contribution in [1.82, 2.24) is 0 Å². The molecule has 4 atom stereocenters. The molecule has 5 heteroatoms. The average Bonchev–Trinajstić information content (AvgIpc) is 2.83. The summed E-state index contributed by atoms with van der Waals surface area (Å²) in [6.07, 6.45) is 3.55. The molecule has 0 aromatic rings. The van der Waals surface area contributed by atoms with Gasteiger partial charge in [0.05, 0.1) is 38.1 Å². The van der Waals surface area contributed by atoms with Crippen molar-refractivity contribution < 1.29 is 18.9 Å². The quantitative estimate of drug-likeness (QED) is 0.654. The Morgan fingerprint density at radius 1 is 1.29 bits per heavy atom. The first-order chi connectivity index (χ1) is 8.31. The van der Waals surface area contributed by atoms with Gasteiger partial charge in [-0.25, -0.2) is 0 Å². The van der Waals surface area contributed by atoms with Gasteiger partial charge >= 0.3 is 0 Å². The Morgan fingerprint density at radius 2 is 2.18 bits per heavy atom. The second-order valence-corrected chi connectivity index (χ2v) is 4.73. The predicted molar refractivity (Wildman–Crippen MR) is 62.9 cm³/mol. The van der Waals surface area contributed by atoms with E-state index in [0.717, 1.165) is 25.9 Å². The topological polar surface area (TPSA) is 62.9 Å². The van der Waals surface area contributed by atoms with E-state index in [1.165, 1.54) is 0 Å². The fraction of sp³-hybridized carbons (Fsp3) is 1.00. The molecule has 2 fully saturated rings. The molecule has 0 radical (unpaired) electrons. The molecule has 0 aromatic heterocycles. The smallest absolute Gasteiger partial charge is 0.0989 e. The van der Waals surface area contributed by atoms with Crippen molar-refractivity contribution in [2.75, 3.05) is 33.5 Å². The third kappa shape index (κ3) is 3.63. The van der Waals surface area contributed by atoms with E-state index in [2.05, 4.69) is 0 Å². The van der Waals surface area contributed by atoms with Crippen LogP contribution in [0.15, 0.2) is 0 Å². The van der Waals surface area contributed by atoms with Gasteiger partial charge in [-0.15, -0.1) is 0 Å². The Bertz CT molecular complexity index is 221. The van der Waals surface area contributed by atoms with Crippen LogP contribution in [0.5, 0.6) is 0 Å². The van der Waals surface area contributed by atoms with Crippen molar-refractivity contribution >= 4 is 0 Å². The van der Waals surface area contributed by atoms with Crippen LogP contribution < -0.4 is 5.73 Å². The van der Waals surface area contributed by atoms with Crippen LogP contribution >= 0.6 is 0 Å². The summed E-state index contributed by atoms with van der Waals surface area (Å²) < 4.78 is 21.9. The Labute approximate surface area is 103 Å². The van der Waals surface area contributed by atoms with Crippen molar-refractivity contribution in [2.24, 2.45) is 5.73 Å². The van der Waals surface area contributed by atoms with Crippen LogP contribution in [-0.4, -0.2) is 57.9 Å². The highest BCUT2D eigenvalue weighted by molar-refractivity contribution is 4.95. The number of rotatable bonds is 7. The summed E-state index contributed by atoms with van der Waals surface area (Å²) in [5.41, 5.74) is 5.90. The second-order valence-electron chi connectivity index (χ2n) is 4.73. The highest BCUT2D eigenvalue weighted by Crippen LogP contribution is 2.26. The minimum Gasteiger partial charge on any atom is -0.382 e.